The smallest absolute Gasteiger partial charge is 0.147 e. The highest BCUT2D eigenvalue weighted by Gasteiger charge is 2.17. The summed E-state index contributed by atoms with van der Waals surface area (Å²) in [6, 6.07) is 0. The molecule has 0 aliphatic rings. The summed E-state index contributed by atoms with van der Waals surface area (Å²) in [6.07, 6.45) is 0. The lowest BCUT2D eigenvalue weighted by Gasteiger charge is -2.14. The number of aryl methyl sites for hydroxylation is 2. The van der Waals surface area contributed by atoms with Crippen molar-refractivity contribution in [2.24, 2.45) is 0 Å². The molecule has 92 valence electrons. The molecular weight excluding hydrogens is 232 g/mol. The molecule has 2 rings (SSSR count). The fourth-order valence-electron chi connectivity index (χ4n) is 1.57. The minimum absolute atomic E-state index is 0.113. The second-order valence-electron chi connectivity index (χ2n) is 5.24. The molecule has 0 N–H and O–H groups in total. The number of aromatic nitrogens is 4. The Bertz CT molecular complexity index is 519. The summed E-state index contributed by atoms with van der Waals surface area (Å²) < 4.78 is 1.90. The molecule has 0 unspecified atom stereocenters. The van der Waals surface area contributed by atoms with Crippen LogP contribution in [-0.2, 0) is 12.0 Å². The van der Waals surface area contributed by atoms with Gasteiger partial charge in [0, 0.05) is 10.8 Å². The molecule has 4 nitrogen and oxygen atoms in total. The highest BCUT2D eigenvalue weighted by Crippen LogP contribution is 2.24. The molecular formula is C12H18N4S. The van der Waals surface area contributed by atoms with Gasteiger partial charge in [-0.1, -0.05) is 20.8 Å². The Balaban J connectivity index is 2.20. The molecule has 2 aromatic rings. The second kappa shape index (κ2) is 4.22. The van der Waals surface area contributed by atoms with Crippen molar-refractivity contribution in [1.82, 2.24) is 19.7 Å². The van der Waals surface area contributed by atoms with Gasteiger partial charge in [0.25, 0.3) is 0 Å². The average Bonchev–Trinajstić information content (AvgIpc) is 2.74. The van der Waals surface area contributed by atoms with E-state index in [1.807, 2.05) is 18.5 Å². The summed E-state index contributed by atoms with van der Waals surface area (Å²) >= 11 is 1.69. The zero-order chi connectivity index (χ0) is 12.6. The molecule has 0 spiro atoms. The van der Waals surface area contributed by atoms with Crippen LogP contribution in [0, 0.1) is 13.8 Å². The summed E-state index contributed by atoms with van der Waals surface area (Å²) in [4.78, 5) is 8.95. The van der Waals surface area contributed by atoms with Crippen LogP contribution in [0.25, 0.3) is 0 Å². The topological polar surface area (TPSA) is 43.6 Å². The van der Waals surface area contributed by atoms with E-state index in [1.54, 1.807) is 11.3 Å². The first-order valence-corrected chi connectivity index (χ1v) is 6.57. The van der Waals surface area contributed by atoms with Crippen LogP contribution in [0.2, 0.25) is 0 Å². The minimum atomic E-state index is 0.113. The van der Waals surface area contributed by atoms with Crippen LogP contribution in [0.15, 0.2) is 5.38 Å². The largest absolute Gasteiger partial charge is 0.244 e. The van der Waals surface area contributed by atoms with E-state index >= 15 is 0 Å². The van der Waals surface area contributed by atoms with Crippen molar-refractivity contribution in [2.45, 2.75) is 46.6 Å². The van der Waals surface area contributed by atoms with E-state index in [1.165, 1.54) is 0 Å². The maximum absolute atomic E-state index is 4.66. The zero-order valence-corrected chi connectivity index (χ0v) is 11.8. The lowest BCUT2D eigenvalue weighted by Crippen LogP contribution is -2.12. The summed E-state index contributed by atoms with van der Waals surface area (Å²) in [5.74, 6) is 1.75. The van der Waals surface area contributed by atoms with Crippen LogP contribution in [0.1, 0.15) is 43.1 Å². The minimum Gasteiger partial charge on any atom is -0.244 e. The Morgan fingerprint density at radius 1 is 1.24 bits per heavy atom. The molecule has 5 heteroatoms. The zero-order valence-electron chi connectivity index (χ0n) is 11.0. The lowest BCUT2D eigenvalue weighted by molar-refractivity contribution is 0.566. The Kier molecular flexibility index (Phi) is 3.03. The maximum Gasteiger partial charge on any atom is 0.147 e. The molecule has 0 radical (unpaired) electrons. The van der Waals surface area contributed by atoms with Gasteiger partial charge in [0.05, 0.1) is 12.2 Å². The Morgan fingerprint density at radius 3 is 2.41 bits per heavy atom. The maximum atomic E-state index is 4.66. The van der Waals surface area contributed by atoms with Gasteiger partial charge in [-0.2, -0.15) is 5.10 Å². The monoisotopic (exact) mass is 250 g/mol. The van der Waals surface area contributed by atoms with Gasteiger partial charge in [-0.15, -0.1) is 11.3 Å². The molecule has 0 aliphatic carbocycles. The Morgan fingerprint density at radius 2 is 1.94 bits per heavy atom. The fraction of sp³-hybridized carbons (Fsp3) is 0.583. The van der Waals surface area contributed by atoms with Crippen molar-refractivity contribution in [1.29, 1.82) is 0 Å². The molecule has 0 atom stereocenters. The molecule has 17 heavy (non-hydrogen) atoms. The van der Waals surface area contributed by atoms with Crippen molar-refractivity contribution in [3.63, 3.8) is 0 Å². The third-order valence-corrected chi connectivity index (χ3v) is 3.40. The van der Waals surface area contributed by atoms with Gasteiger partial charge in [0.2, 0.25) is 0 Å². The number of rotatable bonds is 2. The van der Waals surface area contributed by atoms with E-state index in [9.17, 15) is 0 Å². The molecule has 0 saturated carbocycles. The van der Waals surface area contributed by atoms with Crippen molar-refractivity contribution >= 4 is 11.3 Å². The van der Waals surface area contributed by atoms with E-state index in [0.29, 0.717) is 6.54 Å². The number of nitrogens with zero attached hydrogens (tertiary/aromatic N) is 4. The van der Waals surface area contributed by atoms with Gasteiger partial charge in [-0.3, -0.25) is 0 Å². The Hall–Kier alpha value is -1.23. The molecule has 0 fully saturated rings. The van der Waals surface area contributed by atoms with Gasteiger partial charge in [0.15, 0.2) is 0 Å². The first-order chi connectivity index (χ1) is 7.86. The lowest BCUT2D eigenvalue weighted by atomic mass is 9.93. The highest BCUT2D eigenvalue weighted by atomic mass is 32.1. The van der Waals surface area contributed by atoms with E-state index in [4.69, 9.17) is 0 Å². The number of thiazole rings is 1. The molecule has 0 amide bonds. The highest BCUT2D eigenvalue weighted by molar-refractivity contribution is 7.09. The van der Waals surface area contributed by atoms with Gasteiger partial charge in [0.1, 0.15) is 16.7 Å². The van der Waals surface area contributed by atoms with Gasteiger partial charge < -0.3 is 0 Å². The van der Waals surface area contributed by atoms with Crippen molar-refractivity contribution in [2.75, 3.05) is 0 Å². The molecule has 0 bridgehead atoms. The first-order valence-electron chi connectivity index (χ1n) is 5.69. The van der Waals surface area contributed by atoms with Gasteiger partial charge in [-0.25, -0.2) is 14.6 Å². The van der Waals surface area contributed by atoms with Crippen LogP contribution < -0.4 is 0 Å². The van der Waals surface area contributed by atoms with E-state index in [2.05, 4.69) is 41.2 Å². The molecule has 0 saturated heterocycles. The summed E-state index contributed by atoms with van der Waals surface area (Å²) in [6.45, 7) is 11.1. The Labute approximate surface area is 106 Å². The van der Waals surface area contributed by atoms with Crippen LogP contribution >= 0.6 is 11.3 Å². The van der Waals surface area contributed by atoms with Crippen LogP contribution in [0.3, 0.4) is 0 Å². The normalized spacial score (nSPS) is 12.1. The predicted molar refractivity (Wildman–Crippen MR) is 69.4 cm³/mol. The summed E-state index contributed by atoms with van der Waals surface area (Å²) in [5.41, 5.74) is 1.26. The molecule has 0 aliphatic heterocycles. The summed E-state index contributed by atoms with van der Waals surface area (Å²) in [7, 11) is 0. The number of hydrogen-bond acceptors (Lipinski definition) is 4. The summed E-state index contributed by atoms with van der Waals surface area (Å²) in [5, 5.41) is 7.57. The first kappa shape index (κ1) is 12.2. The van der Waals surface area contributed by atoms with Crippen molar-refractivity contribution in [3.8, 4) is 0 Å². The number of hydrogen-bond donors (Lipinski definition) is 0. The van der Waals surface area contributed by atoms with Gasteiger partial charge >= 0.3 is 0 Å². The van der Waals surface area contributed by atoms with Gasteiger partial charge in [-0.05, 0) is 13.8 Å². The predicted octanol–water partition coefficient (Wildman–Crippen LogP) is 2.70. The van der Waals surface area contributed by atoms with Crippen molar-refractivity contribution in [3.05, 3.63) is 27.7 Å². The van der Waals surface area contributed by atoms with Crippen molar-refractivity contribution < 1.29 is 0 Å². The average molecular weight is 250 g/mol. The fourth-order valence-corrected chi connectivity index (χ4v) is 2.57. The van der Waals surface area contributed by atoms with E-state index < -0.39 is 0 Å². The standard InChI is InChI=1S/C12H18N4S/c1-8-13-9(2)16(15-8)6-11-14-10(7-17-11)12(3,4)5/h7H,6H2,1-5H3. The van der Waals surface area contributed by atoms with E-state index in [0.717, 1.165) is 22.4 Å². The molecule has 2 heterocycles. The van der Waals surface area contributed by atoms with Crippen LogP contribution in [0.5, 0.6) is 0 Å². The second-order valence-corrected chi connectivity index (χ2v) is 6.18. The molecule has 0 aromatic carbocycles. The SMILES string of the molecule is Cc1nc(C)n(Cc2nc(C(C)(C)C)cs2)n1. The van der Waals surface area contributed by atoms with Crippen LogP contribution in [-0.4, -0.2) is 19.7 Å². The van der Waals surface area contributed by atoms with E-state index in [-0.39, 0.29) is 5.41 Å². The third kappa shape index (κ3) is 2.72. The van der Waals surface area contributed by atoms with Crippen LogP contribution in [0.4, 0.5) is 0 Å². The third-order valence-electron chi connectivity index (χ3n) is 2.57. The molecule has 2 aromatic heterocycles. The quantitative estimate of drug-likeness (QED) is 0.823.